The Morgan fingerprint density at radius 2 is 1.89 bits per heavy atom. The number of phosphoric acid groups is 1. The zero-order chi connectivity index (χ0) is 19.3. The number of ether oxygens (including phenoxy) is 1. The van der Waals surface area contributed by atoms with E-state index < -0.39 is 38.3 Å². The number of aliphatic hydroxyl groups excluding tert-OH is 2. The summed E-state index contributed by atoms with van der Waals surface area (Å²) < 4.78 is 34.5. The normalized spacial score (nSPS) is 25.2. The van der Waals surface area contributed by atoms with Crippen LogP contribution in [0.3, 0.4) is 0 Å². The van der Waals surface area contributed by atoms with E-state index in [2.05, 4.69) is 0 Å². The van der Waals surface area contributed by atoms with Crippen molar-refractivity contribution in [3.8, 4) is 0 Å². The second kappa shape index (κ2) is 10.4. The number of aliphatic hydroxyl groups is 2. The van der Waals surface area contributed by atoms with Crippen LogP contribution < -0.4 is 22.7 Å². The van der Waals surface area contributed by atoms with E-state index in [1.54, 1.807) is 26.1 Å². The molecule has 1 aromatic rings. The minimum atomic E-state index is -3.77. The van der Waals surface area contributed by atoms with E-state index in [1.165, 1.54) is 16.8 Å². The number of phosphoric ester groups is 1. The van der Waals surface area contributed by atoms with Crippen LogP contribution in [-0.4, -0.2) is 54.3 Å². The fourth-order valence-electron chi connectivity index (χ4n) is 2.50. The van der Waals surface area contributed by atoms with Gasteiger partial charge in [0.15, 0.2) is 18.5 Å². The topological polar surface area (TPSA) is 141 Å². The SMILES string of the molecule is CCOP(=O)(OCC)OCC1OC([n+]2cccc(C(N)=O)c2)C(O)C1O.[Cl-]. The van der Waals surface area contributed by atoms with Crippen LogP contribution in [0.25, 0.3) is 0 Å². The number of carbonyl (C=O) groups excluding carboxylic acids is 1. The van der Waals surface area contributed by atoms with Crippen molar-refractivity contribution in [3.63, 3.8) is 0 Å². The molecule has 4 atom stereocenters. The second-order valence-corrected chi connectivity index (χ2v) is 7.20. The lowest BCUT2D eigenvalue weighted by Crippen LogP contribution is -3.00. The first-order valence-electron chi connectivity index (χ1n) is 8.17. The molecule has 1 amide bonds. The molecule has 2 heterocycles. The Balaban J connectivity index is 0.00000364. The van der Waals surface area contributed by atoms with Crippen LogP contribution in [0.1, 0.15) is 30.4 Å². The average molecular weight is 427 g/mol. The summed E-state index contributed by atoms with van der Waals surface area (Å²) in [5.41, 5.74) is 5.46. The van der Waals surface area contributed by atoms with E-state index in [0.717, 1.165) is 0 Å². The van der Waals surface area contributed by atoms with Crippen molar-refractivity contribution < 1.29 is 54.9 Å². The van der Waals surface area contributed by atoms with Gasteiger partial charge in [0.05, 0.1) is 19.8 Å². The smallest absolute Gasteiger partial charge is 0.474 e. The molecule has 10 nitrogen and oxygen atoms in total. The maximum Gasteiger partial charge on any atom is 0.474 e. The molecule has 0 aromatic carbocycles. The molecule has 1 aliphatic rings. The molecule has 1 saturated heterocycles. The molecule has 0 bridgehead atoms. The van der Waals surface area contributed by atoms with Gasteiger partial charge in [-0.1, -0.05) is 0 Å². The van der Waals surface area contributed by atoms with Gasteiger partial charge in [-0.05, 0) is 19.9 Å². The maximum atomic E-state index is 12.3. The lowest BCUT2D eigenvalue weighted by molar-refractivity contribution is -0.765. The maximum absolute atomic E-state index is 12.3. The van der Waals surface area contributed by atoms with Crippen molar-refractivity contribution in [2.24, 2.45) is 5.73 Å². The van der Waals surface area contributed by atoms with Gasteiger partial charge in [-0.25, -0.2) is 4.57 Å². The second-order valence-electron chi connectivity index (χ2n) is 5.53. The Morgan fingerprint density at radius 3 is 2.44 bits per heavy atom. The van der Waals surface area contributed by atoms with Gasteiger partial charge in [-0.3, -0.25) is 18.4 Å². The molecule has 154 valence electrons. The van der Waals surface area contributed by atoms with Gasteiger partial charge in [0.1, 0.15) is 17.8 Å². The molecular weight excluding hydrogens is 403 g/mol. The highest BCUT2D eigenvalue weighted by molar-refractivity contribution is 7.48. The van der Waals surface area contributed by atoms with Crippen LogP contribution in [0.5, 0.6) is 0 Å². The molecule has 0 aliphatic carbocycles. The van der Waals surface area contributed by atoms with Gasteiger partial charge in [0, 0.05) is 6.07 Å². The fourth-order valence-corrected chi connectivity index (χ4v) is 3.69. The predicted octanol–water partition coefficient (Wildman–Crippen LogP) is -3.11. The molecule has 1 aliphatic heterocycles. The monoisotopic (exact) mass is 426 g/mol. The predicted molar refractivity (Wildman–Crippen MR) is 87.9 cm³/mol. The molecule has 12 heteroatoms. The van der Waals surface area contributed by atoms with Crippen molar-refractivity contribution in [2.75, 3.05) is 19.8 Å². The lowest BCUT2D eigenvalue weighted by Gasteiger charge is -2.19. The van der Waals surface area contributed by atoms with Gasteiger partial charge in [-0.15, -0.1) is 0 Å². The fraction of sp³-hybridized carbons (Fsp3) is 0.600. The standard InChI is InChI=1S/C15H23N2O8P.ClH/c1-3-22-26(21,23-4-2)24-9-11-12(18)13(19)15(25-11)17-7-5-6-10(8-17)14(16)20;/h5-8,11-13,15,18-19H,3-4,9H2,1-2H3,(H-,16,20);1H. The first kappa shape index (κ1) is 23.9. The first-order chi connectivity index (χ1) is 12.3. The molecule has 2 rings (SSSR count). The van der Waals surface area contributed by atoms with Gasteiger partial charge >= 0.3 is 7.82 Å². The quantitative estimate of drug-likeness (QED) is 0.278. The van der Waals surface area contributed by atoms with E-state index in [9.17, 15) is 19.6 Å². The molecule has 0 spiro atoms. The van der Waals surface area contributed by atoms with E-state index in [0.29, 0.717) is 0 Å². The summed E-state index contributed by atoms with van der Waals surface area (Å²) in [6, 6.07) is 3.07. The van der Waals surface area contributed by atoms with E-state index >= 15 is 0 Å². The Kier molecular flexibility index (Phi) is 9.26. The summed E-state index contributed by atoms with van der Waals surface area (Å²) in [7, 11) is -3.77. The van der Waals surface area contributed by atoms with Gasteiger partial charge in [0.25, 0.3) is 12.1 Å². The number of primary amides is 1. The van der Waals surface area contributed by atoms with Gasteiger partial charge < -0.3 is 33.1 Å². The highest BCUT2D eigenvalue weighted by Crippen LogP contribution is 2.49. The number of pyridine rings is 1. The number of nitrogens with two attached hydrogens (primary N) is 1. The Hall–Kier alpha value is -1.10. The Morgan fingerprint density at radius 1 is 1.26 bits per heavy atom. The van der Waals surface area contributed by atoms with Gasteiger partial charge in [-0.2, -0.15) is 4.57 Å². The van der Waals surface area contributed by atoms with Crippen LogP contribution in [-0.2, 0) is 22.9 Å². The third kappa shape index (κ3) is 5.94. The van der Waals surface area contributed by atoms with Crippen molar-refractivity contribution >= 4 is 13.7 Å². The number of hydrogen-bond acceptors (Lipinski definition) is 8. The van der Waals surface area contributed by atoms with E-state index in [-0.39, 0.29) is 37.8 Å². The van der Waals surface area contributed by atoms with Crippen LogP contribution in [0.2, 0.25) is 0 Å². The molecular formula is C15H24ClN2O8P. The van der Waals surface area contributed by atoms with Crippen molar-refractivity contribution in [1.29, 1.82) is 0 Å². The van der Waals surface area contributed by atoms with E-state index in [4.69, 9.17) is 24.0 Å². The third-order valence-electron chi connectivity index (χ3n) is 3.71. The number of rotatable bonds is 9. The zero-order valence-corrected chi connectivity index (χ0v) is 16.6. The first-order valence-corrected chi connectivity index (χ1v) is 9.63. The summed E-state index contributed by atoms with van der Waals surface area (Å²) in [6.07, 6.45) is -1.60. The molecule has 4 unspecified atom stereocenters. The molecule has 1 aromatic heterocycles. The number of nitrogens with zero attached hydrogens (tertiary/aromatic N) is 1. The Labute approximate surface area is 163 Å². The number of halogens is 1. The number of hydrogen-bond donors (Lipinski definition) is 3. The Bertz CT molecular complexity index is 669. The highest BCUT2D eigenvalue weighted by atomic mass is 35.5. The largest absolute Gasteiger partial charge is 1.00 e. The van der Waals surface area contributed by atoms with Crippen molar-refractivity contribution in [3.05, 3.63) is 30.1 Å². The number of carbonyl (C=O) groups is 1. The third-order valence-corrected chi connectivity index (χ3v) is 5.32. The van der Waals surface area contributed by atoms with Gasteiger partial charge in [0.2, 0.25) is 0 Å². The molecule has 4 N–H and O–H groups in total. The summed E-state index contributed by atoms with van der Waals surface area (Å²) >= 11 is 0. The molecule has 1 fully saturated rings. The summed E-state index contributed by atoms with van der Waals surface area (Å²) in [4.78, 5) is 11.3. The highest BCUT2D eigenvalue weighted by Gasteiger charge is 2.49. The van der Waals surface area contributed by atoms with Crippen LogP contribution in [0.4, 0.5) is 0 Å². The van der Waals surface area contributed by atoms with Crippen molar-refractivity contribution in [2.45, 2.75) is 38.4 Å². The molecule has 0 radical (unpaired) electrons. The lowest BCUT2D eigenvalue weighted by atomic mass is 10.1. The van der Waals surface area contributed by atoms with Crippen LogP contribution >= 0.6 is 7.82 Å². The number of aromatic nitrogens is 1. The van der Waals surface area contributed by atoms with Crippen molar-refractivity contribution in [1.82, 2.24) is 0 Å². The number of amides is 1. The molecule has 27 heavy (non-hydrogen) atoms. The average Bonchev–Trinajstić information content (AvgIpc) is 2.89. The minimum absolute atomic E-state index is 0. The van der Waals surface area contributed by atoms with Crippen LogP contribution in [0.15, 0.2) is 24.5 Å². The molecule has 0 saturated carbocycles. The minimum Gasteiger partial charge on any atom is -1.00 e. The summed E-state index contributed by atoms with van der Waals surface area (Å²) in [5.74, 6) is -0.637. The zero-order valence-electron chi connectivity index (χ0n) is 14.9. The summed E-state index contributed by atoms with van der Waals surface area (Å²) in [6.45, 7) is 3.19. The summed E-state index contributed by atoms with van der Waals surface area (Å²) in [5, 5.41) is 20.4. The van der Waals surface area contributed by atoms with Crippen LogP contribution in [0, 0.1) is 0 Å². The van der Waals surface area contributed by atoms with E-state index in [1.807, 2.05) is 0 Å².